The van der Waals surface area contributed by atoms with Gasteiger partial charge < -0.3 is 10.6 Å². The Hall–Kier alpha value is -0.730. The molecule has 0 aliphatic heterocycles. The molecular weight excluding hydrogens is 208 g/mol. The molecule has 1 aromatic carbocycles. The van der Waals surface area contributed by atoms with Gasteiger partial charge in [-0.3, -0.25) is 0 Å². The summed E-state index contributed by atoms with van der Waals surface area (Å²) in [5, 5.41) is 0.779. The second-order valence-electron chi connectivity index (χ2n) is 4.26. The Morgan fingerprint density at radius 3 is 2.53 bits per heavy atom. The van der Waals surface area contributed by atoms with Gasteiger partial charge in [-0.2, -0.15) is 0 Å². The number of hydrogen-bond donors (Lipinski definition) is 1. The Labute approximate surface area is 97.0 Å². The van der Waals surface area contributed by atoms with E-state index in [1.807, 2.05) is 18.2 Å². The van der Waals surface area contributed by atoms with Gasteiger partial charge in [-0.25, -0.2) is 0 Å². The van der Waals surface area contributed by atoms with Crippen molar-refractivity contribution in [1.29, 1.82) is 0 Å². The fraction of sp³-hybridized carbons (Fsp3) is 0.500. The van der Waals surface area contributed by atoms with Crippen LogP contribution >= 0.6 is 11.6 Å². The molecule has 0 amide bonds. The molecular formula is C12H19ClN2. The Bertz CT molecular complexity index is 323. The van der Waals surface area contributed by atoms with E-state index in [2.05, 4.69) is 25.8 Å². The van der Waals surface area contributed by atoms with Gasteiger partial charge in [0.15, 0.2) is 0 Å². The van der Waals surface area contributed by atoms with Gasteiger partial charge in [0.05, 0.1) is 10.7 Å². The van der Waals surface area contributed by atoms with Gasteiger partial charge in [-0.1, -0.05) is 31.5 Å². The number of hydrogen-bond acceptors (Lipinski definition) is 2. The van der Waals surface area contributed by atoms with Crippen LogP contribution in [0.15, 0.2) is 18.2 Å². The molecule has 2 nitrogen and oxygen atoms in total. The van der Waals surface area contributed by atoms with Crippen LogP contribution in [0.3, 0.4) is 0 Å². The molecule has 0 aliphatic carbocycles. The summed E-state index contributed by atoms with van der Waals surface area (Å²) in [5.41, 5.74) is 7.70. The lowest BCUT2D eigenvalue weighted by molar-refractivity contribution is 0.638. The van der Waals surface area contributed by atoms with Crippen molar-refractivity contribution in [2.45, 2.75) is 20.4 Å². The van der Waals surface area contributed by atoms with Crippen LogP contribution in [-0.4, -0.2) is 13.6 Å². The molecule has 0 aromatic heterocycles. The zero-order valence-electron chi connectivity index (χ0n) is 9.63. The smallest absolute Gasteiger partial charge is 0.0642 e. The highest BCUT2D eigenvalue weighted by Gasteiger charge is 2.07. The van der Waals surface area contributed by atoms with Crippen LogP contribution in [0.5, 0.6) is 0 Å². The summed E-state index contributed by atoms with van der Waals surface area (Å²) in [5.74, 6) is 0.625. The molecule has 0 aliphatic rings. The number of nitrogens with zero attached hydrogens (tertiary/aromatic N) is 1. The fourth-order valence-corrected chi connectivity index (χ4v) is 1.98. The summed E-state index contributed by atoms with van der Waals surface area (Å²) >= 11 is 6.19. The van der Waals surface area contributed by atoms with Crippen molar-refractivity contribution in [3.05, 3.63) is 28.8 Å². The molecule has 3 heteroatoms. The molecule has 2 N–H and O–H groups in total. The average molecular weight is 227 g/mol. The highest BCUT2D eigenvalue weighted by molar-refractivity contribution is 6.33. The van der Waals surface area contributed by atoms with Crippen LogP contribution in [0.25, 0.3) is 0 Å². The lowest BCUT2D eigenvalue weighted by atomic mass is 10.1. The Morgan fingerprint density at radius 1 is 1.40 bits per heavy atom. The zero-order chi connectivity index (χ0) is 11.4. The summed E-state index contributed by atoms with van der Waals surface area (Å²) < 4.78 is 0. The largest absolute Gasteiger partial charge is 0.373 e. The normalized spacial score (nSPS) is 10.8. The molecule has 0 spiro atoms. The Kier molecular flexibility index (Phi) is 4.43. The van der Waals surface area contributed by atoms with Crippen molar-refractivity contribution >= 4 is 17.3 Å². The molecule has 15 heavy (non-hydrogen) atoms. The molecule has 1 aromatic rings. The standard InChI is InChI=1S/C12H19ClN2/c1-9(2)8-15(3)12-5-4-10(7-14)6-11(12)13/h4-6,9H,7-8,14H2,1-3H3. The van der Waals surface area contributed by atoms with Crippen LogP contribution in [0.4, 0.5) is 5.69 Å². The van der Waals surface area contributed by atoms with E-state index in [1.165, 1.54) is 0 Å². The number of rotatable bonds is 4. The second-order valence-corrected chi connectivity index (χ2v) is 4.67. The quantitative estimate of drug-likeness (QED) is 0.856. The van der Waals surface area contributed by atoms with Crippen LogP contribution in [0, 0.1) is 5.92 Å². The lowest BCUT2D eigenvalue weighted by Gasteiger charge is -2.22. The van der Waals surface area contributed by atoms with E-state index < -0.39 is 0 Å². The third-order valence-corrected chi connectivity index (χ3v) is 2.60. The minimum absolute atomic E-state index is 0.536. The molecule has 0 saturated heterocycles. The van der Waals surface area contributed by atoms with E-state index in [4.69, 9.17) is 17.3 Å². The van der Waals surface area contributed by atoms with E-state index >= 15 is 0 Å². The molecule has 0 saturated carbocycles. The maximum atomic E-state index is 6.19. The molecule has 0 atom stereocenters. The Balaban J connectivity index is 2.85. The maximum absolute atomic E-state index is 6.19. The first-order chi connectivity index (χ1) is 7.04. The van der Waals surface area contributed by atoms with Crippen molar-refractivity contribution in [3.8, 4) is 0 Å². The van der Waals surface area contributed by atoms with E-state index in [1.54, 1.807) is 0 Å². The highest BCUT2D eigenvalue weighted by atomic mass is 35.5. The summed E-state index contributed by atoms with van der Waals surface area (Å²) in [6.07, 6.45) is 0. The third-order valence-electron chi connectivity index (χ3n) is 2.30. The van der Waals surface area contributed by atoms with E-state index in [9.17, 15) is 0 Å². The van der Waals surface area contributed by atoms with Crippen molar-refractivity contribution < 1.29 is 0 Å². The number of nitrogens with two attached hydrogens (primary N) is 1. The monoisotopic (exact) mass is 226 g/mol. The van der Waals surface area contributed by atoms with Gasteiger partial charge in [0, 0.05) is 20.1 Å². The molecule has 0 heterocycles. The summed E-state index contributed by atoms with van der Waals surface area (Å²) in [4.78, 5) is 2.17. The molecule has 0 bridgehead atoms. The van der Waals surface area contributed by atoms with Gasteiger partial charge in [-0.05, 0) is 23.6 Å². The molecule has 0 fully saturated rings. The number of anilines is 1. The SMILES string of the molecule is CC(C)CN(C)c1ccc(CN)cc1Cl. The van der Waals surface area contributed by atoms with Crippen LogP contribution in [0.1, 0.15) is 19.4 Å². The first kappa shape index (κ1) is 12.3. The predicted molar refractivity (Wildman–Crippen MR) is 67.5 cm³/mol. The van der Waals surface area contributed by atoms with Gasteiger partial charge in [0.25, 0.3) is 0 Å². The zero-order valence-corrected chi connectivity index (χ0v) is 10.4. The summed E-state index contributed by atoms with van der Waals surface area (Å²) in [6, 6.07) is 6.00. The van der Waals surface area contributed by atoms with Gasteiger partial charge in [-0.15, -0.1) is 0 Å². The third kappa shape index (κ3) is 3.40. The maximum Gasteiger partial charge on any atom is 0.0642 e. The minimum atomic E-state index is 0.536. The predicted octanol–water partition coefficient (Wildman–Crippen LogP) is 2.89. The van der Waals surface area contributed by atoms with Crippen molar-refractivity contribution in [1.82, 2.24) is 0 Å². The minimum Gasteiger partial charge on any atom is -0.373 e. The number of benzene rings is 1. The lowest BCUT2D eigenvalue weighted by Crippen LogP contribution is -2.22. The van der Waals surface area contributed by atoms with Crippen molar-refractivity contribution in [2.24, 2.45) is 11.7 Å². The first-order valence-corrected chi connectivity index (χ1v) is 5.62. The second kappa shape index (κ2) is 5.38. The van der Waals surface area contributed by atoms with E-state index in [0.717, 1.165) is 22.8 Å². The van der Waals surface area contributed by atoms with Gasteiger partial charge in [0.1, 0.15) is 0 Å². The van der Waals surface area contributed by atoms with Gasteiger partial charge in [0.2, 0.25) is 0 Å². The number of halogens is 1. The summed E-state index contributed by atoms with van der Waals surface area (Å²) in [6.45, 7) is 5.92. The van der Waals surface area contributed by atoms with Crippen LogP contribution in [0.2, 0.25) is 5.02 Å². The van der Waals surface area contributed by atoms with Crippen LogP contribution < -0.4 is 10.6 Å². The fourth-order valence-electron chi connectivity index (χ4n) is 1.63. The Morgan fingerprint density at radius 2 is 2.07 bits per heavy atom. The molecule has 0 unspecified atom stereocenters. The highest BCUT2D eigenvalue weighted by Crippen LogP contribution is 2.26. The van der Waals surface area contributed by atoms with Crippen molar-refractivity contribution in [2.75, 3.05) is 18.5 Å². The molecule has 84 valence electrons. The molecule has 1 rings (SSSR count). The molecule has 0 radical (unpaired) electrons. The van der Waals surface area contributed by atoms with Crippen LogP contribution in [-0.2, 0) is 6.54 Å². The average Bonchev–Trinajstić information content (AvgIpc) is 2.16. The topological polar surface area (TPSA) is 29.3 Å². The van der Waals surface area contributed by atoms with E-state index in [0.29, 0.717) is 12.5 Å². The first-order valence-electron chi connectivity index (χ1n) is 5.24. The van der Waals surface area contributed by atoms with Crippen molar-refractivity contribution in [3.63, 3.8) is 0 Å². The van der Waals surface area contributed by atoms with Gasteiger partial charge >= 0.3 is 0 Å². The summed E-state index contributed by atoms with van der Waals surface area (Å²) in [7, 11) is 2.06. The van der Waals surface area contributed by atoms with E-state index in [-0.39, 0.29) is 0 Å².